The largest absolute Gasteiger partial charge is 0.493 e. The highest BCUT2D eigenvalue weighted by Gasteiger charge is 2.26. The molecular weight excluding hydrogens is 255 g/mol. The van der Waals surface area contributed by atoms with Crippen molar-refractivity contribution in [3.63, 3.8) is 0 Å². The summed E-state index contributed by atoms with van der Waals surface area (Å²) in [6.07, 6.45) is -4.09. The third-order valence-corrected chi connectivity index (χ3v) is 2.60. The SMILES string of the molecule is CCCNCc1cc(C)ccc1OCCC(F)(F)F. The smallest absolute Gasteiger partial charge is 0.392 e. The Hall–Kier alpha value is -1.23. The van der Waals surface area contributed by atoms with E-state index in [-0.39, 0.29) is 6.61 Å². The molecule has 1 rings (SSSR count). The summed E-state index contributed by atoms with van der Waals surface area (Å²) < 4.78 is 41.5. The Balaban J connectivity index is 2.60. The van der Waals surface area contributed by atoms with Crippen LogP contribution in [0.3, 0.4) is 0 Å². The van der Waals surface area contributed by atoms with Gasteiger partial charge in [0.15, 0.2) is 0 Å². The van der Waals surface area contributed by atoms with Crippen molar-refractivity contribution < 1.29 is 17.9 Å². The Labute approximate surface area is 112 Å². The summed E-state index contributed by atoms with van der Waals surface area (Å²) in [5, 5.41) is 3.22. The van der Waals surface area contributed by atoms with Gasteiger partial charge < -0.3 is 10.1 Å². The summed E-state index contributed by atoms with van der Waals surface area (Å²) in [4.78, 5) is 0. The van der Waals surface area contributed by atoms with Crippen LogP contribution in [0.5, 0.6) is 5.75 Å². The summed E-state index contributed by atoms with van der Waals surface area (Å²) in [7, 11) is 0. The Bertz CT molecular complexity index is 391. The van der Waals surface area contributed by atoms with Crippen LogP contribution < -0.4 is 10.1 Å². The normalized spacial score (nSPS) is 11.6. The maximum absolute atomic E-state index is 12.1. The molecule has 0 aliphatic heterocycles. The molecule has 108 valence electrons. The van der Waals surface area contributed by atoms with E-state index in [0.29, 0.717) is 12.3 Å². The van der Waals surface area contributed by atoms with Crippen molar-refractivity contribution in [3.8, 4) is 5.75 Å². The molecule has 2 nitrogen and oxygen atoms in total. The summed E-state index contributed by atoms with van der Waals surface area (Å²) >= 11 is 0. The molecule has 0 atom stereocenters. The van der Waals surface area contributed by atoms with Crippen LogP contribution in [0.15, 0.2) is 18.2 Å². The fourth-order valence-corrected chi connectivity index (χ4v) is 1.66. The number of aryl methyl sites for hydroxylation is 1. The Kier molecular flexibility index (Phi) is 6.15. The molecule has 0 saturated carbocycles. The molecule has 5 heteroatoms. The zero-order valence-corrected chi connectivity index (χ0v) is 11.3. The van der Waals surface area contributed by atoms with Gasteiger partial charge >= 0.3 is 6.18 Å². The molecular formula is C14H20F3NO. The maximum Gasteiger partial charge on any atom is 0.392 e. The lowest BCUT2D eigenvalue weighted by Gasteiger charge is -2.14. The third kappa shape index (κ3) is 6.47. The van der Waals surface area contributed by atoms with Crippen molar-refractivity contribution in [2.24, 2.45) is 0 Å². The second-order valence-corrected chi connectivity index (χ2v) is 4.50. The van der Waals surface area contributed by atoms with Crippen molar-refractivity contribution in [2.75, 3.05) is 13.2 Å². The summed E-state index contributed by atoms with van der Waals surface area (Å²) in [5.74, 6) is 0.526. The van der Waals surface area contributed by atoms with Crippen LogP contribution in [0.1, 0.15) is 30.9 Å². The molecule has 0 bridgehead atoms. The molecule has 1 N–H and O–H groups in total. The predicted octanol–water partition coefficient (Wildman–Crippen LogP) is 3.83. The molecule has 1 aromatic rings. The van der Waals surface area contributed by atoms with E-state index >= 15 is 0 Å². The number of hydrogen-bond acceptors (Lipinski definition) is 2. The first-order valence-corrected chi connectivity index (χ1v) is 6.42. The quantitative estimate of drug-likeness (QED) is 0.764. The topological polar surface area (TPSA) is 21.3 Å². The monoisotopic (exact) mass is 275 g/mol. The van der Waals surface area contributed by atoms with Crippen LogP contribution >= 0.6 is 0 Å². The molecule has 0 saturated heterocycles. The number of benzene rings is 1. The van der Waals surface area contributed by atoms with Gasteiger partial charge in [-0.3, -0.25) is 0 Å². The predicted molar refractivity (Wildman–Crippen MR) is 69.3 cm³/mol. The molecule has 0 heterocycles. The van der Waals surface area contributed by atoms with E-state index in [1.54, 1.807) is 6.07 Å². The first-order chi connectivity index (χ1) is 8.92. The first kappa shape index (κ1) is 15.8. The minimum absolute atomic E-state index is 0.340. The fourth-order valence-electron chi connectivity index (χ4n) is 1.66. The molecule has 0 spiro atoms. The summed E-state index contributed by atoms with van der Waals surface area (Å²) in [5.41, 5.74) is 1.96. The number of ether oxygens (including phenoxy) is 1. The number of rotatable bonds is 7. The maximum atomic E-state index is 12.1. The molecule has 0 fully saturated rings. The average Bonchev–Trinajstić information content (AvgIpc) is 2.30. The zero-order valence-electron chi connectivity index (χ0n) is 11.3. The molecule has 0 aliphatic rings. The molecule has 0 amide bonds. The molecule has 0 unspecified atom stereocenters. The van der Waals surface area contributed by atoms with Gasteiger partial charge in [-0.05, 0) is 26.0 Å². The van der Waals surface area contributed by atoms with Crippen LogP contribution in [0, 0.1) is 6.92 Å². The number of nitrogens with one attached hydrogen (secondary N) is 1. The van der Waals surface area contributed by atoms with Crippen molar-refractivity contribution in [1.29, 1.82) is 0 Å². The Morgan fingerprint density at radius 3 is 2.63 bits per heavy atom. The minimum Gasteiger partial charge on any atom is -0.493 e. The van der Waals surface area contributed by atoms with E-state index in [1.165, 1.54) is 0 Å². The van der Waals surface area contributed by atoms with Crippen molar-refractivity contribution in [1.82, 2.24) is 5.32 Å². The van der Waals surface area contributed by atoms with E-state index in [1.807, 2.05) is 19.1 Å². The van der Waals surface area contributed by atoms with Gasteiger partial charge in [-0.15, -0.1) is 0 Å². The second kappa shape index (κ2) is 7.38. The van der Waals surface area contributed by atoms with Crippen molar-refractivity contribution >= 4 is 0 Å². The molecule has 1 aromatic carbocycles. The van der Waals surface area contributed by atoms with Gasteiger partial charge in [0.1, 0.15) is 5.75 Å². The lowest BCUT2D eigenvalue weighted by atomic mass is 10.1. The summed E-state index contributed by atoms with van der Waals surface area (Å²) in [6.45, 7) is 5.15. The van der Waals surface area contributed by atoms with E-state index in [0.717, 1.165) is 24.1 Å². The lowest BCUT2D eigenvalue weighted by molar-refractivity contribution is -0.139. The third-order valence-electron chi connectivity index (χ3n) is 2.60. The second-order valence-electron chi connectivity index (χ2n) is 4.50. The number of hydrogen-bond donors (Lipinski definition) is 1. The molecule has 0 radical (unpaired) electrons. The molecule has 0 aliphatic carbocycles. The van der Waals surface area contributed by atoms with E-state index in [9.17, 15) is 13.2 Å². The van der Waals surface area contributed by atoms with Crippen LogP contribution in [0.4, 0.5) is 13.2 Å². The van der Waals surface area contributed by atoms with Gasteiger partial charge in [0.25, 0.3) is 0 Å². The highest BCUT2D eigenvalue weighted by atomic mass is 19.4. The highest BCUT2D eigenvalue weighted by Crippen LogP contribution is 2.23. The number of halogens is 3. The van der Waals surface area contributed by atoms with Gasteiger partial charge in [-0.25, -0.2) is 0 Å². The van der Waals surface area contributed by atoms with E-state index in [4.69, 9.17) is 4.74 Å². The fraction of sp³-hybridized carbons (Fsp3) is 0.571. The first-order valence-electron chi connectivity index (χ1n) is 6.42. The average molecular weight is 275 g/mol. The van der Waals surface area contributed by atoms with Crippen LogP contribution in [0.2, 0.25) is 0 Å². The zero-order chi connectivity index (χ0) is 14.3. The van der Waals surface area contributed by atoms with Crippen molar-refractivity contribution in [2.45, 2.75) is 39.4 Å². The Morgan fingerprint density at radius 2 is 2.00 bits per heavy atom. The van der Waals surface area contributed by atoms with Crippen molar-refractivity contribution in [3.05, 3.63) is 29.3 Å². The van der Waals surface area contributed by atoms with Crippen LogP contribution in [-0.2, 0) is 6.54 Å². The lowest BCUT2D eigenvalue weighted by Crippen LogP contribution is -2.16. The van der Waals surface area contributed by atoms with Crippen LogP contribution in [-0.4, -0.2) is 19.3 Å². The standard InChI is InChI=1S/C14H20F3NO/c1-3-7-18-10-12-9-11(2)4-5-13(12)19-8-6-14(15,16)17/h4-5,9,18H,3,6-8,10H2,1-2H3. The van der Waals surface area contributed by atoms with Gasteiger partial charge in [0.05, 0.1) is 13.0 Å². The van der Waals surface area contributed by atoms with Gasteiger partial charge in [0, 0.05) is 12.1 Å². The Morgan fingerprint density at radius 1 is 1.26 bits per heavy atom. The number of alkyl halides is 3. The van der Waals surface area contributed by atoms with Gasteiger partial charge in [-0.2, -0.15) is 13.2 Å². The molecule has 0 aromatic heterocycles. The van der Waals surface area contributed by atoms with E-state index < -0.39 is 12.6 Å². The minimum atomic E-state index is -4.18. The highest BCUT2D eigenvalue weighted by molar-refractivity contribution is 5.36. The van der Waals surface area contributed by atoms with Gasteiger partial charge in [0.2, 0.25) is 0 Å². The van der Waals surface area contributed by atoms with Crippen LogP contribution in [0.25, 0.3) is 0 Å². The summed E-state index contributed by atoms with van der Waals surface area (Å²) in [6, 6.07) is 5.51. The van der Waals surface area contributed by atoms with Gasteiger partial charge in [-0.1, -0.05) is 24.6 Å². The van der Waals surface area contributed by atoms with E-state index in [2.05, 4.69) is 12.2 Å². The molecule has 19 heavy (non-hydrogen) atoms.